The Morgan fingerprint density at radius 3 is 2.68 bits per heavy atom. The van der Waals surface area contributed by atoms with Crippen molar-refractivity contribution in [2.75, 3.05) is 26.0 Å². The number of aliphatic imine (C=N–C) groups is 1. The van der Waals surface area contributed by atoms with E-state index < -0.39 is 12.1 Å². The highest BCUT2D eigenvalue weighted by molar-refractivity contribution is 5.79. The largest absolute Gasteiger partial charge is 0.391 e. The van der Waals surface area contributed by atoms with Crippen molar-refractivity contribution < 1.29 is 13.2 Å². The molecule has 0 saturated heterocycles. The summed E-state index contributed by atoms with van der Waals surface area (Å²) in [7, 11) is 7.37. The van der Waals surface area contributed by atoms with Gasteiger partial charge in [-0.1, -0.05) is 6.42 Å². The van der Waals surface area contributed by atoms with Crippen molar-refractivity contribution in [3.63, 3.8) is 0 Å². The number of rotatable bonds is 4. The molecule has 1 fully saturated rings. The average Bonchev–Trinajstić information content (AvgIpc) is 2.92. The van der Waals surface area contributed by atoms with E-state index in [-0.39, 0.29) is 18.9 Å². The molecule has 2 N–H and O–H groups in total. The maximum atomic E-state index is 12.9. The summed E-state index contributed by atoms with van der Waals surface area (Å²) in [5.41, 5.74) is 0.962. The lowest BCUT2D eigenvalue weighted by molar-refractivity contribution is -0.183. The van der Waals surface area contributed by atoms with Gasteiger partial charge in [-0.05, 0) is 19.3 Å². The number of hydrogen-bond donors (Lipinski definition) is 2. The van der Waals surface area contributed by atoms with Crippen molar-refractivity contribution >= 4 is 11.9 Å². The molecule has 0 radical (unpaired) electrons. The van der Waals surface area contributed by atoms with Crippen LogP contribution in [0, 0.1) is 5.92 Å². The summed E-state index contributed by atoms with van der Waals surface area (Å²) in [4.78, 5) is 10.4. The van der Waals surface area contributed by atoms with Crippen molar-refractivity contribution in [2.45, 2.75) is 44.4 Å². The molecular weight excluding hydrogens is 333 g/mol. The molecule has 2 atom stereocenters. The van der Waals surface area contributed by atoms with Crippen LogP contribution in [-0.2, 0) is 13.6 Å². The third-order valence-corrected chi connectivity index (χ3v) is 4.60. The van der Waals surface area contributed by atoms with Gasteiger partial charge in [-0.15, -0.1) is 0 Å². The molecule has 6 nitrogen and oxygen atoms in total. The first-order valence-corrected chi connectivity index (χ1v) is 8.44. The quantitative estimate of drug-likeness (QED) is 0.639. The molecule has 0 aromatic carbocycles. The fraction of sp³-hybridized carbons (Fsp3) is 0.750. The van der Waals surface area contributed by atoms with Crippen LogP contribution in [0.5, 0.6) is 0 Å². The van der Waals surface area contributed by atoms with Crippen LogP contribution < -0.4 is 15.5 Å². The molecule has 25 heavy (non-hydrogen) atoms. The summed E-state index contributed by atoms with van der Waals surface area (Å²) in [5.74, 6) is 0.122. The molecule has 0 amide bonds. The van der Waals surface area contributed by atoms with E-state index in [2.05, 4.69) is 20.6 Å². The monoisotopic (exact) mass is 360 g/mol. The SMILES string of the molecule is CN=C(NCc1cnc(N(C)C)n1C)NC1CCCC(C(F)(F)F)C1. The van der Waals surface area contributed by atoms with Crippen LogP contribution in [0.2, 0.25) is 0 Å². The number of nitrogens with one attached hydrogen (secondary N) is 2. The van der Waals surface area contributed by atoms with Gasteiger partial charge in [-0.2, -0.15) is 13.2 Å². The number of anilines is 1. The molecule has 2 unspecified atom stereocenters. The predicted octanol–water partition coefficient (Wildman–Crippen LogP) is 2.27. The minimum absolute atomic E-state index is 0.0979. The predicted molar refractivity (Wildman–Crippen MR) is 92.7 cm³/mol. The summed E-state index contributed by atoms with van der Waals surface area (Å²) in [5, 5.41) is 6.28. The Morgan fingerprint density at radius 2 is 2.12 bits per heavy atom. The summed E-state index contributed by atoms with van der Waals surface area (Å²) in [6.07, 6.45) is -0.724. The zero-order valence-electron chi connectivity index (χ0n) is 15.2. The van der Waals surface area contributed by atoms with Gasteiger partial charge < -0.3 is 20.1 Å². The Labute approximate surface area is 146 Å². The molecule has 1 heterocycles. The highest BCUT2D eigenvalue weighted by atomic mass is 19.4. The van der Waals surface area contributed by atoms with Crippen LogP contribution >= 0.6 is 0 Å². The van der Waals surface area contributed by atoms with Crippen molar-refractivity contribution in [1.82, 2.24) is 20.2 Å². The lowest BCUT2D eigenvalue weighted by atomic mass is 9.85. The van der Waals surface area contributed by atoms with Crippen molar-refractivity contribution in [1.29, 1.82) is 0 Å². The molecule has 0 aliphatic heterocycles. The standard InChI is InChI=1S/C16H27F3N6/c1-20-14(21-9-13-10-22-15(24(2)3)25(13)4)23-12-7-5-6-11(8-12)16(17,18)19/h10-12H,5-9H2,1-4H3,(H2,20,21,23). The van der Waals surface area contributed by atoms with Crippen molar-refractivity contribution in [2.24, 2.45) is 18.0 Å². The lowest BCUT2D eigenvalue weighted by Gasteiger charge is -2.31. The Kier molecular flexibility index (Phi) is 6.18. The van der Waals surface area contributed by atoms with Gasteiger partial charge in [0.2, 0.25) is 5.95 Å². The molecule has 0 spiro atoms. The number of imidazole rings is 1. The minimum Gasteiger partial charge on any atom is -0.354 e. The van der Waals surface area contributed by atoms with Crippen LogP contribution in [0.3, 0.4) is 0 Å². The molecule has 142 valence electrons. The lowest BCUT2D eigenvalue weighted by Crippen LogP contribution is -2.46. The maximum Gasteiger partial charge on any atom is 0.391 e. The molecule has 2 rings (SSSR count). The van der Waals surface area contributed by atoms with Crippen molar-refractivity contribution in [3.05, 3.63) is 11.9 Å². The Hall–Kier alpha value is -1.93. The Morgan fingerprint density at radius 1 is 1.40 bits per heavy atom. The maximum absolute atomic E-state index is 12.9. The Balaban J connectivity index is 1.91. The van der Waals surface area contributed by atoms with E-state index in [1.165, 1.54) is 0 Å². The van der Waals surface area contributed by atoms with Gasteiger partial charge >= 0.3 is 6.18 Å². The number of hydrogen-bond acceptors (Lipinski definition) is 3. The first-order chi connectivity index (χ1) is 11.7. The zero-order valence-corrected chi connectivity index (χ0v) is 15.2. The highest BCUT2D eigenvalue weighted by Gasteiger charge is 2.42. The topological polar surface area (TPSA) is 57.5 Å². The van der Waals surface area contributed by atoms with E-state index in [4.69, 9.17) is 0 Å². The number of nitrogens with zero attached hydrogens (tertiary/aromatic N) is 4. The molecule has 1 aromatic rings. The zero-order chi connectivity index (χ0) is 18.6. The van der Waals surface area contributed by atoms with Gasteiger partial charge in [0.05, 0.1) is 24.4 Å². The van der Waals surface area contributed by atoms with Gasteiger partial charge in [0.15, 0.2) is 5.96 Å². The van der Waals surface area contributed by atoms with Crippen LogP contribution in [0.1, 0.15) is 31.4 Å². The van der Waals surface area contributed by atoms with Crippen LogP contribution in [0.4, 0.5) is 19.1 Å². The minimum atomic E-state index is -4.12. The smallest absolute Gasteiger partial charge is 0.354 e. The molecule has 1 aliphatic rings. The third kappa shape index (κ3) is 5.02. The average molecular weight is 360 g/mol. The van der Waals surface area contributed by atoms with E-state index in [0.29, 0.717) is 18.9 Å². The highest BCUT2D eigenvalue weighted by Crippen LogP contribution is 2.37. The molecule has 1 aromatic heterocycles. The number of guanidine groups is 1. The van der Waals surface area contributed by atoms with Gasteiger partial charge in [-0.25, -0.2) is 4.98 Å². The second kappa shape index (κ2) is 7.97. The van der Waals surface area contributed by atoms with E-state index in [9.17, 15) is 13.2 Å². The molecule has 0 bridgehead atoms. The molecule has 9 heteroatoms. The van der Waals surface area contributed by atoms with E-state index >= 15 is 0 Å². The van der Waals surface area contributed by atoms with Gasteiger partial charge in [0, 0.05) is 34.2 Å². The summed E-state index contributed by atoms with van der Waals surface area (Å²) >= 11 is 0. The third-order valence-electron chi connectivity index (χ3n) is 4.60. The van der Waals surface area contributed by atoms with Crippen LogP contribution in [0.25, 0.3) is 0 Å². The van der Waals surface area contributed by atoms with Gasteiger partial charge in [0.25, 0.3) is 0 Å². The Bertz CT molecular complexity index is 593. The summed E-state index contributed by atoms with van der Waals surface area (Å²) < 4.78 is 40.7. The van der Waals surface area contributed by atoms with Crippen LogP contribution in [-0.4, -0.2) is 48.9 Å². The van der Waals surface area contributed by atoms with Gasteiger partial charge in [-0.3, -0.25) is 4.99 Å². The molecular formula is C16H27F3N6. The normalized spacial score (nSPS) is 22.0. The number of aromatic nitrogens is 2. The summed E-state index contributed by atoms with van der Waals surface area (Å²) in [6.45, 7) is 0.492. The fourth-order valence-electron chi connectivity index (χ4n) is 3.19. The fourth-order valence-corrected chi connectivity index (χ4v) is 3.19. The van der Waals surface area contributed by atoms with E-state index in [1.54, 1.807) is 13.2 Å². The first-order valence-electron chi connectivity index (χ1n) is 8.44. The van der Waals surface area contributed by atoms with Gasteiger partial charge in [0.1, 0.15) is 0 Å². The molecule has 1 saturated carbocycles. The molecule has 1 aliphatic carbocycles. The van der Waals surface area contributed by atoms with E-state index in [1.807, 2.05) is 30.6 Å². The second-order valence-electron chi connectivity index (χ2n) is 6.68. The second-order valence-corrected chi connectivity index (χ2v) is 6.68. The van der Waals surface area contributed by atoms with Crippen LogP contribution in [0.15, 0.2) is 11.2 Å². The summed E-state index contributed by atoms with van der Waals surface area (Å²) in [6, 6.07) is -0.213. The van der Waals surface area contributed by atoms with Crippen molar-refractivity contribution in [3.8, 4) is 0 Å². The number of alkyl halides is 3. The first kappa shape index (κ1) is 19.4. The van der Waals surface area contributed by atoms with E-state index in [0.717, 1.165) is 18.1 Å². The number of halogens is 3.